The van der Waals surface area contributed by atoms with Gasteiger partial charge in [-0.3, -0.25) is 0 Å². The number of benzene rings is 1. The minimum Gasteiger partial charge on any atom is -0.391 e. The number of rotatable bonds is 1. The van der Waals surface area contributed by atoms with Gasteiger partial charge in [-0.2, -0.15) is 0 Å². The first kappa shape index (κ1) is 9.97. The van der Waals surface area contributed by atoms with Crippen LogP contribution in [0.1, 0.15) is 17.9 Å². The van der Waals surface area contributed by atoms with Gasteiger partial charge in [0.2, 0.25) is 0 Å². The molecule has 0 aliphatic carbocycles. The highest BCUT2D eigenvalue weighted by Gasteiger charge is 2.25. The van der Waals surface area contributed by atoms with E-state index in [0.29, 0.717) is 6.54 Å². The van der Waals surface area contributed by atoms with Crippen LogP contribution in [0.25, 0.3) is 0 Å². The molecular weight excluding hydrogens is 198 g/mol. The summed E-state index contributed by atoms with van der Waals surface area (Å²) in [4.78, 5) is 0. The Labute approximate surface area is 88.9 Å². The summed E-state index contributed by atoms with van der Waals surface area (Å²) < 4.78 is 0. The Balaban J connectivity index is 2.25. The van der Waals surface area contributed by atoms with E-state index in [9.17, 15) is 5.11 Å². The molecule has 1 aliphatic rings. The summed E-state index contributed by atoms with van der Waals surface area (Å²) in [6.07, 6.45) is 0.633. The van der Waals surface area contributed by atoms with Crippen LogP contribution >= 0.6 is 11.6 Å². The number of hydrogen-bond donors (Lipinski definition) is 2. The predicted octanol–water partition coefficient (Wildman–Crippen LogP) is 1.78. The Bertz CT molecular complexity index is 316. The molecule has 0 saturated carbocycles. The van der Waals surface area contributed by atoms with Crippen LogP contribution in [-0.4, -0.2) is 24.3 Å². The van der Waals surface area contributed by atoms with Crippen LogP contribution < -0.4 is 5.32 Å². The summed E-state index contributed by atoms with van der Waals surface area (Å²) in [5, 5.41) is 13.7. The highest BCUT2D eigenvalue weighted by Crippen LogP contribution is 2.30. The van der Waals surface area contributed by atoms with E-state index in [1.807, 2.05) is 24.3 Å². The molecule has 2 N–H and O–H groups in total. The second-order valence-corrected chi connectivity index (χ2v) is 4.10. The average molecular weight is 212 g/mol. The van der Waals surface area contributed by atoms with Crippen LogP contribution in [0.4, 0.5) is 0 Å². The van der Waals surface area contributed by atoms with Crippen LogP contribution in [0.2, 0.25) is 5.02 Å². The van der Waals surface area contributed by atoms with Crippen molar-refractivity contribution in [1.82, 2.24) is 5.32 Å². The van der Waals surface area contributed by atoms with Gasteiger partial charge in [-0.15, -0.1) is 0 Å². The molecule has 2 nitrogen and oxygen atoms in total. The Hall–Kier alpha value is -0.570. The fraction of sp³-hybridized carbons (Fsp3) is 0.455. The van der Waals surface area contributed by atoms with Gasteiger partial charge < -0.3 is 10.4 Å². The Kier molecular flexibility index (Phi) is 3.06. The molecule has 0 spiro atoms. The van der Waals surface area contributed by atoms with E-state index in [4.69, 9.17) is 11.6 Å². The van der Waals surface area contributed by atoms with Gasteiger partial charge in [-0.05, 0) is 24.6 Å². The quantitative estimate of drug-likeness (QED) is 0.742. The predicted molar refractivity (Wildman–Crippen MR) is 57.7 cm³/mol. The molecule has 1 aromatic rings. The highest BCUT2D eigenvalue weighted by molar-refractivity contribution is 6.31. The van der Waals surface area contributed by atoms with Crippen molar-refractivity contribution in [3.8, 4) is 0 Å². The molecule has 1 saturated heterocycles. The molecule has 0 aromatic heterocycles. The molecule has 0 amide bonds. The molecule has 14 heavy (non-hydrogen) atoms. The second kappa shape index (κ2) is 4.30. The molecule has 2 atom stereocenters. The molecule has 1 heterocycles. The Morgan fingerprint density at radius 1 is 1.36 bits per heavy atom. The van der Waals surface area contributed by atoms with Crippen LogP contribution in [0.3, 0.4) is 0 Å². The Morgan fingerprint density at radius 2 is 2.14 bits per heavy atom. The van der Waals surface area contributed by atoms with Gasteiger partial charge in [-0.1, -0.05) is 29.8 Å². The number of nitrogens with one attached hydrogen (secondary N) is 1. The maximum absolute atomic E-state index is 9.83. The molecule has 3 heteroatoms. The van der Waals surface area contributed by atoms with Gasteiger partial charge in [0.25, 0.3) is 0 Å². The lowest BCUT2D eigenvalue weighted by Gasteiger charge is -2.29. The van der Waals surface area contributed by atoms with Gasteiger partial charge in [-0.25, -0.2) is 0 Å². The van der Waals surface area contributed by atoms with Crippen molar-refractivity contribution in [3.63, 3.8) is 0 Å². The lowest BCUT2D eigenvalue weighted by atomic mass is 9.88. The molecule has 1 aliphatic heterocycles. The van der Waals surface area contributed by atoms with Crippen molar-refractivity contribution in [2.24, 2.45) is 0 Å². The van der Waals surface area contributed by atoms with Crippen molar-refractivity contribution in [3.05, 3.63) is 34.9 Å². The normalized spacial score (nSPS) is 27.6. The van der Waals surface area contributed by atoms with Gasteiger partial charge >= 0.3 is 0 Å². The van der Waals surface area contributed by atoms with E-state index in [-0.39, 0.29) is 12.0 Å². The number of aliphatic hydroxyl groups is 1. The first-order valence-electron chi connectivity index (χ1n) is 4.92. The van der Waals surface area contributed by atoms with Crippen molar-refractivity contribution in [2.75, 3.05) is 13.1 Å². The number of hydrogen-bond acceptors (Lipinski definition) is 2. The van der Waals surface area contributed by atoms with E-state index >= 15 is 0 Å². The number of β-amino-alcohol motifs (C(OH)–C–C–N with tert-alkyl or cyclic N) is 1. The summed E-state index contributed by atoms with van der Waals surface area (Å²) >= 11 is 6.09. The van der Waals surface area contributed by atoms with E-state index in [0.717, 1.165) is 23.6 Å². The molecule has 76 valence electrons. The molecule has 1 aromatic carbocycles. The topological polar surface area (TPSA) is 32.3 Å². The maximum atomic E-state index is 9.83. The monoisotopic (exact) mass is 211 g/mol. The van der Waals surface area contributed by atoms with Crippen LogP contribution in [0.5, 0.6) is 0 Å². The fourth-order valence-corrected chi connectivity index (χ4v) is 2.26. The number of aliphatic hydroxyl groups excluding tert-OH is 1. The molecule has 0 unspecified atom stereocenters. The minimum atomic E-state index is -0.316. The van der Waals surface area contributed by atoms with Crippen molar-refractivity contribution >= 4 is 11.6 Å². The largest absolute Gasteiger partial charge is 0.391 e. The van der Waals surface area contributed by atoms with Crippen molar-refractivity contribution in [1.29, 1.82) is 0 Å². The highest BCUT2D eigenvalue weighted by atomic mass is 35.5. The third kappa shape index (κ3) is 1.92. The van der Waals surface area contributed by atoms with Gasteiger partial charge in [0.1, 0.15) is 0 Å². The van der Waals surface area contributed by atoms with E-state index < -0.39 is 0 Å². The van der Waals surface area contributed by atoms with E-state index in [2.05, 4.69) is 5.32 Å². The standard InChI is InChI=1S/C11H14ClNO/c12-10-4-2-1-3-8(10)9-5-6-13-7-11(9)14/h1-4,9,11,13-14H,5-7H2/t9-,11+/m0/s1. The van der Waals surface area contributed by atoms with Gasteiger partial charge in [0, 0.05) is 17.5 Å². The third-order valence-electron chi connectivity index (χ3n) is 2.75. The van der Waals surface area contributed by atoms with Crippen LogP contribution in [0.15, 0.2) is 24.3 Å². The first-order chi connectivity index (χ1) is 6.79. The summed E-state index contributed by atoms with van der Waals surface area (Å²) in [6.45, 7) is 1.61. The third-order valence-corrected chi connectivity index (χ3v) is 3.10. The average Bonchev–Trinajstić information content (AvgIpc) is 2.20. The molecule has 2 rings (SSSR count). The van der Waals surface area contributed by atoms with Crippen LogP contribution in [0, 0.1) is 0 Å². The molecular formula is C11H14ClNO. The summed E-state index contributed by atoms with van der Waals surface area (Å²) in [5.41, 5.74) is 1.07. The minimum absolute atomic E-state index is 0.185. The number of halogens is 1. The molecule has 0 radical (unpaired) electrons. The maximum Gasteiger partial charge on any atom is 0.0733 e. The fourth-order valence-electron chi connectivity index (χ4n) is 1.98. The Morgan fingerprint density at radius 3 is 2.86 bits per heavy atom. The first-order valence-corrected chi connectivity index (χ1v) is 5.30. The smallest absolute Gasteiger partial charge is 0.0733 e. The zero-order valence-corrected chi connectivity index (χ0v) is 8.67. The zero-order chi connectivity index (χ0) is 9.97. The second-order valence-electron chi connectivity index (χ2n) is 3.69. The lowest BCUT2D eigenvalue weighted by molar-refractivity contribution is 0.118. The van der Waals surface area contributed by atoms with E-state index in [1.54, 1.807) is 0 Å². The number of piperidine rings is 1. The molecule has 0 bridgehead atoms. The molecule has 1 fully saturated rings. The van der Waals surface area contributed by atoms with Crippen LogP contribution in [-0.2, 0) is 0 Å². The van der Waals surface area contributed by atoms with E-state index in [1.165, 1.54) is 0 Å². The SMILES string of the molecule is O[C@@H]1CNCC[C@H]1c1ccccc1Cl. The summed E-state index contributed by atoms with van der Waals surface area (Å²) in [6, 6.07) is 7.77. The lowest BCUT2D eigenvalue weighted by Crippen LogP contribution is -2.39. The van der Waals surface area contributed by atoms with Crippen molar-refractivity contribution in [2.45, 2.75) is 18.4 Å². The van der Waals surface area contributed by atoms with Crippen molar-refractivity contribution < 1.29 is 5.11 Å². The van der Waals surface area contributed by atoms with Gasteiger partial charge in [0.15, 0.2) is 0 Å². The summed E-state index contributed by atoms with van der Waals surface area (Å²) in [7, 11) is 0. The zero-order valence-electron chi connectivity index (χ0n) is 7.91. The van der Waals surface area contributed by atoms with Gasteiger partial charge in [0.05, 0.1) is 6.10 Å². The summed E-state index contributed by atoms with van der Waals surface area (Å²) in [5.74, 6) is 0.185.